The molecule has 0 aliphatic carbocycles. The van der Waals surface area contributed by atoms with Gasteiger partial charge in [0.2, 0.25) is 0 Å². The summed E-state index contributed by atoms with van der Waals surface area (Å²) in [4.78, 5) is 0. The number of ether oxygens (including phenoxy) is 2. The summed E-state index contributed by atoms with van der Waals surface area (Å²) in [5.74, 6) is 0.600. The van der Waals surface area contributed by atoms with E-state index in [-0.39, 0.29) is 11.9 Å². The molecular weight excluding hydrogens is 224 g/mol. The second kappa shape index (κ2) is 5.85. The largest absolute Gasteiger partial charge is 0.349 e. The first-order valence-electron chi connectivity index (χ1n) is 7.01. The Kier molecular flexibility index (Phi) is 4.41. The minimum absolute atomic E-state index is 0.0447. The van der Waals surface area contributed by atoms with E-state index in [9.17, 15) is 0 Å². The smallest absolute Gasteiger partial charge is 0.159 e. The third-order valence-corrected chi connectivity index (χ3v) is 3.48. The molecule has 18 heavy (non-hydrogen) atoms. The van der Waals surface area contributed by atoms with E-state index in [1.54, 1.807) is 0 Å². The highest BCUT2D eigenvalue weighted by molar-refractivity contribution is 5.23. The average molecular weight is 248 g/mol. The van der Waals surface area contributed by atoms with Gasteiger partial charge in [0.1, 0.15) is 5.60 Å². The molecule has 2 nitrogen and oxygen atoms in total. The molecule has 2 rings (SSSR count). The molecule has 100 valence electrons. The first kappa shape index (κ1) is 13.6. The van der Waals surface area contributed by atoms with Crippen LogP contribution >= 0.6 is 0 Å². The molecule has 2 heteroatoms. The molecule has 1 heterocycles. The molecule has 1 aliphatic rings. The Morgan fingerprint density at radius 2 is 2.00 bits per heavy atom. The van der Waals surface area contributed by atoms with E-state index < -0.39 is 0 Å². The van der Waals surface area contributed by atoms with Crippen molar-refractivity contribution in [2.45, 2.75) is 51.9 Å². The predicted molar refractivity (Wildman–Crippen MR) is 73.3 cm³/mol. The fourth-order valence-corrected chi connectivity index (χ4v) is 2.62. The third-order valence-electron chi connectivity index (χ3n) is 3.48. The number of hydrogen-bond acceptors (Lipinski definition) is 2. The molecule has 0 spiro atoms. The van der Waals surface area contributed by atoms with Crippen LogP contribution in [0.1, 0.15) is 45.6 Å². The summed E-state index contributed by atoms with van der Waals surface area (Å²) < 4.78 is 12.1. The second-order valence-corrected chi connectivity index (χ2v) is 5.60. The summed E-state index contributed by atoms with van der Waals surface area (Å²) in [5, 5.41) is 0. The Morgan fingerprint density at radius 3 is 2.61 bits per heavy atom. The van der Waals surface area contributed by atoms with Crippen molar-refractivity contribution in [2.24, 2.45) is 5.92 Å². The van der Waals surface area contributed by atoms with Gasteiger partial charge in [-0.05, 0) is 17.9 Å². The van der Waals surface area contributed by atoms with Crippen molar-refractivity contribution >= 4 is 0 Å². The van der Waals surface area contributed by atoms with E-state index in [1.807, 2.05) is 6.07 Å². The molecule has 0 amide bonds. The lowest BCUT2D eigenvalue weighted by Crippen LogP contribution is -2.29. The summed E-state index contributed by atoms with van der Waals surface area (Å²) in [7, 11) is 0. The van der Waals surface area contributed by atoms with Gasteiger partial charge in [-0.25, -0.2) is 0 Å². The van der Waals surface area contributed by atoms with Crippen LogP contribution in [0.2, 0.25) is 0 Å². The zero-order chi connectivity index (χ0) is 13.0. The first-order valence-corrected chi connectivity index (χ1v) is 7.01. The van der Waals surface area contributed by atoms with Crippen LogP contribution in [-0.2, 0) is 15.1 Å². The van der Waals surface area contributed by atoms with Crippen molar-refractivity contribution in [1.29, 1.82) is 0 Å². The maximum atomic E-state index is 6.26. The summed E-state index contributed by atoms with van der Waals surface area (Å²) in [5.41, 5.74) is 1.02. The Hall–Kier alpha value is -0.860. The minimum Gasteiger partial charge on any atom is -0.349 e. The average Bonchev–Trinajstić information content (AvgIpc) is 2.74. The Bertz CT molecular complexity index is 361. The van der Waals surface area contributed by atoms with Crippen molar-refractivity contribution in [3.8, 4) is 0 Å². The van der Waals surface area contributed by atoms with Gasteiger partial charge < -0.3 is 9.47 Å². The SMILES string of the molecule is CCC[C@@]1(c2ccccc2)CO[C@H](CC(C)C)O1. The molecular formula is C16H24O2. The fraction of sp³-hybridized carbons (Fsp3) is 0.625. The maximum absolute atomic E-state index is 6.26. The van der Waals surface area contributed by atoms with Gasteiger partial charge in [0.15, 0.2) is 6.29 Å². The molecule has 0 aromatic heterocycles. The van der Waals surface area contributed by atoms with Crippen LogP contribution in [0.4, 0.5) is 0 Å². The molecule has 1 aliphatic heterocycles. The first-order chi connectivity index (χ1) is 8.66. The van der Waals surface area contributed by atoms with Crippen molar-refractivity contribution in [1.82, 2.24) is 0 Å². The lowest BCUT2D eigenvalue weighted by atomic mass is 9.90. The van der Waals surface area contributed by atoms with Gasteiger partial charge in [0.25, 0.3) is 0 Å². The number of hydrogen-bond donors (Lipinski definition) is 0. The third kappa shape index (κ3) is 2.93. The van der Waals surface area contributed by atoms with Gasteiger partial charge in [0.05, 0.1) is 6.61 Å². The van der Waals surface area contributed by atoms with Crippen LogP contribution in [0.3, 0.4) is 0 Å². The normalized spacial score (nSPS) is 27.9. The molecule has 1 saturated heterocycles. The van der Waals surface area contributed by atoms with Crippen molar-refractivity contribution in [3.05, 3.63) is 35.9 Å². The van der Waals surface area contributed by atoms with E-state index in [2.05, 4.69) is 45.0 Å². The van der Waals surface area contributed by atoms with Gasteiger partial charge >= 0.3 is 0 Å². The molecule has 0 saturated carbocycles. The Morgan fingerprint density at radius 1 is 1.28 bits per heavy atom. The van der Waals surface area contributed by atoms with E-state index >= 15 is 0 Å². The lowest BCUT2D eigenvalue weighted by molar-refractivity contribution is -0.104. The molecule has 1 aromatic carbocycles. The van der Waals surface area contributed by atoms with Gasteiger partial charge in [-0.1, -0.05) is 57.5 Å². The van der Waals surface area contributed by atoms with Crippen LogP contribution in [0.25, 0.3) is 0 Å². The summed E-state index contributed by atoms with van der Waals surface area (Å²) >= 11 is 0. The van der Waals surface area contributed by atoms with E-state index in [1.165, 1.54) is 5.56 Å². The fourth-order valence-electron chi connectivity index (χ4n) is 2.62. The molecule has 2 atom stereocenters. The highest BCUT2D eigenvalue weighted by atomic mass is 16.7. The lowest BCUT2D eigenvalue weighted by Gasteiger charge is -2.28. The summed E-state index contributed by atoms with van der Waals surface area (Å²) in [6, 6.07) is 10.5. The van der Waals surface area contributed by atoms with E-state index in [0.29, 0.717) is 12.5 Å². The molecule has 0 unspecified atom stereocenters. The van der Waals surface area contributed by atoms with Crippen molar-refractivity contribution in [2.75, 3.05) is 6.61 Å². The quantitative estimate of drug-likeness (QED) is 0.781. The van der Waals surface area contributed by atoms with Crippen LogP contribution in [0.15, 0.2) is 30.3 Å². The topological polar surface area (TPSA) is 18.5 Å². The van der Waals surface area contributed by atoms with Crippen LogP contribution < -0.4 is 0 Å². The Labute approximate surface area is 110 Å². The monoisotopic (exact) mass is 248 g/mol. The van der Waals surface area contributed by atoms with E-state index in [0.717, 1.165) is 19.3 Å². The summed E-state index contributed by atoms with van der Waals surface area (Å²) in [6.45, 7) is 7.29. The predicted octanol–water partition coefficient (Wildman–Crippen LogP) is 4.10. The zero-order valence-corrected chi connectivity index (χ0v) is 11.7. The van der Waals surface area contributed by atoms with Gasteiger partial charge in [-0.3, -0.25) is 0 Å². The van der Waals surface area contributed by atoms with Crippen LogP contribution in [0, 0.1) is 5.92 Å². The van der Waals surface area contributed by atoms with Gasteiger partial charge in [0, 0.05) is 6.42 Å². The van der Waals surface area contributed by atoms with Crippen molar-refractivity contribution < 1.29 is 9.47 Å². The summed E-state index contributed by atoms with van der Waals surface area (Å²) in [6.07, 6.45) is 3.05. The van der Waals surface area contributed by atoms with Gasteiger partial charge in [-0.15, -0.1) is 0 Å². The van der Waals surface area contributed by atoms with Crippen molar-refractivity contribution in [3.63, 3.8) is 0 Å². The van der Waals surface area contributed by atoms with Crippen LogP contribution in [0.5, 0.6) is 0 Å². The highest BCUT2D eigenvalue weighted by Gasteiger charge is 2.41. The second-order valence-electron chi connectivity index (χ2n) is 5.60. The zero-order valence-electron chi connectivity index (χ0n) is 11.7. The highest BCUT2D eigenvalue weighted by Crippen LogP contribution is 2.39. The molecule has 1 fully saturated rings. The standard InChI is InChI=1S/C16H24O2/c1-4-10-16(14-8-6-5-7-9-14)12-17-15(18-16)11-13(2)3/h5-9,13,15H,4,10-12H2,1-3H3/t15-,16-/m0/s1. The Balaban J connectivity index is 2.15. The number of benzene rings is 1. The molecule has 1 aromatic rings. The maximum Gasteiger partial charge on any atom is 0.159 e. The van der Waals surface area contributed by atoms with Gasteiger partial charge in [-0.2, -0.15) is 0 Å². The molecule has 0 N–H and O–H groups in total. The molecule has 0 radical (unpaired) electrons. The van der Waals surface area contributed by atoms with E-state index in [4.69, 9.17) is 9.47 Å². The molecule has 0 bridgehead atoms. The van der Waals surface area contributed by atoms with Crippen LogP contribution in [-0.4, -0.2) is 12.9 Å². The number of rotatable bonds is 5. The minimum atomic E-state index is -0.227.